The normalized spacial score (nSPS) is 18.3. The first-order valence-electron chi connectivity index (χ1n) is 9.34. The van der Waals surface area contributed by atoms with Crippen LogP contribution < -0.4 is 4.57 Å². The maximum absolute atomic E-state index is 13.1. The number of fused-ring (bicyclic) bond motifs is 3. The van der Waals surface area contributed by atoms with Crippen LogP contribution in [-0.4, -0.2) is 72.0 Å². The maximum atomic E-state index is 13.1. The zero-order valence-corrected chi connectivity index (χ0v) is 16.7. The molecule has 0 aromatic carbocycles. The van der Waals surface area contributed by atoms with Crippen LogP contribution in [-0.2, 0) is 25.6 Å². The molecule has 1 fully saturated rings. The van der Waals surface area contributed by atoms with Gasteiger partial charge in [0.05, 0.1) is 19.6 Å². The number of likely N-dealkylation sites (N-methyl/N-ethyl adjacent to an activating group) is 1. The van der Waals surface area contributed by atoms with Crippen molar-refractivity contribution in [1.29, 1.82) is 0 Å². The molecular formula is C18H26N5O5+. The summed E-state index contributed by atoms with van der Waals surface area (Å²) in [6, 6.07) is -1.19. The van der Waals surface area contributed by atoms with Gasteiger partial charge in [-0.1, -0.05) is 4.99 Å². The second-order valence-electron chi connectivity index (χ2n) is 6.73. The minimum atomic E-state index is -0.706. The number of aromatic nitrogens is 2. The lowest BCUT2D eigenvalue weighted by molar-refractivity contribution is -0.677. The molecule has 0 saturated carbocycles. The minimum Gasteiger partial charge on any atom is -0.466 e. The Balaban J connectivity index is 1.85. The summed E-state index contributed by atoms with van der Waals surface area (Å²) in [5, 5.41) is 0. The van der Waals surface area contributed by atoms with Gasteiger partial charge in [0.2, 0.25) is 11.9 Å². The highest BCUT2D eigenvalue weighted by molar-refractivity contribution is 6.19. The van der Waals surface area contributed by atoms with Gasteiger partial charge in [-0.15, -0.1) is 0 Å². The van der Waals surface area contributed by atoms with Crippen molar-refractivity contribution in [3.8, 4) is 0 Å². The number of urea groups is 1. The summed E-state index contributed by atoms with van der Waals surface area (Å²) in [6.07, 6.45) is 2.64. The van der Waals surface area contributed by atoms with Crippen molar-refractivity contribution >= 4 is 29.7 Å². The molecule has 0 aliphatic carbocycles. The van der Waals surface area contributed by atoms with Gasteiger partial charge in [-0.05, 0) is 13.8 Å². The highest BCUT2D eigenvalue weighted by atomic mass is 16.5. The number of imide groups is 1. The van der Waals surface area contributed by atoms with Crippen molar-refractivity contribution in [2.75, 3.05) is 33.9 Å². The second-order valence-corrected chi connectivity index (χ2v) is 6.73. The predicted molar refractivity (Wildman–Crippen MR) is 98.1 cm³/mol. The summed E-state index contributed by atoms with van der Waals surface area (Å²) in [4.78, 5) is 44.4. The largest absolute Gasteiger partial charge is 0.466 e. The van der Waals surface area contributed by atoms with E-state index in [4.69, 9.17) is 9.47 Å². The summed E-state index contributed by atoms with van der Waals surface area (Å²) in [7, 11) is 3.24. The summed E-state index contributed by atoms with van der Waals surface area (Å²) in [5.74, 6) is 0.209. The van der Waals surface area contributed by atoms with Crippen LogP contribution in [0, 0.1) is 6.92 Å². The van der Waals surface area contributed by atoms with Crippen LogP contribution in [0.1, 0.15) is 31.5 Å². The molecule has 0 radical (unpaired) electrons. The molecule has 10 nitrogen and oxygen atoms in total. The van der Waals surface area contributed by atoms with E-state index in [1.165, 1.54) is 4.90 Å². The van der Waals surface area contributed by atoms with Crippen LogP contribution in [0.3, 0.4) is 0 Å². The van der Waals surface area contributed by atoms with Gasteiger partial charge in [0, 0.05) is 33.7 Å². The molecule has 10 heteroatoms. The van der Waals surface area contributed by atoms with E-state index < -0.39 is 18.0 Å². The Morgan fingerprint density at radius 3 is 2.75 bits per heavy atom. The topological polar surface area (TPSA) is 97.3 Å². The van der Waals surface area contributed by atoms with E-state index in [9.17, 15) is 14.4 Å². The van der Waals surface area contributed by atoms with E-state index in [0.29, 0.717) is 24.9 Å². The first kappa shape index (κ1) is 20.0. The number of esters is 1. The molecule has 0 N–H and O–H groups in total. The quantitative estimate of drug-likeness (QED) is 0.366. The lowest BCUT2D eigenvalue weighted by Crippen LogP contribution is -2.62. The molecule has 1 aromatic rings. The molecule has 0 bridgehead atoms. The maximum Gasteiger partial charge on any atom is 0.401 e. The van der Waals surface area contributed by atoms with Crippen LogP contribution in [0.2, 0.25) is 0 Å². The summed E-state index contributed by atoms with van der Waals surface area (Å²) >= 11 is 0. The number of carbonyl (C=O) groups excluding carboxylic acids is 3. The molecule has 1 aromatic heterocycles. The number of nitrogens with zero attached hydrogens (tertiary/aromatic N) is 5. The summed E-state index contributed by atoms with van der Waals surface area (Å²) < 4.78 is 13.8. The van der Waals surface area contributed by atoms with Gasteiger partial charge in [-0.3, -0.25) is 19.4 Å². The number of rotatable bonds is 8. The number of aryl methyl sites for hydroxylation is 1. The molecule has 2 aliphatic rings. The van der Waals surface area contributed by atoms with E-state index in [2.05, 4.69) is 4.99 Å². The van der Waals surface area contributed by atoms with E-state index in [-0.39, 0.29) is 25.5 Å². The monoisotopic (exact) mass is 392 g/mol. The molecule has 28 heavy (non-hydrogen) atoms. The first-order chi connectivity index (χ1) is 13.4. The van der Waals surface area contributed by atoms with Crippen LogP contribution in [0.4, 0.5) is 10.7 Å². The standard InChI is InChI=1S/C18H26N5O5/c1-5-28-13(24)7-9-22-16(25)14-15(20(3)18(22)26)19-17-21(8-6-10-27-4)12(2)11-23(14)17/h11,14H,5-10H2,1-4H3/q+1. The smallest absolute Gasteiger partial charge is 0.401 e. The number of carbonyl (C=O) groups is 3. The fourth-order valence-electron chi connectivity index (χ4n) is 3.52. The Morgan fingerprint density at radius 1 is 1.32 bits per heavy atom. The van der Waals surface area contributed by atoms with Crippen molar-refractivity contribution in [1.82, 2.24) is 14.4 Å². The number of hydrogen-bond donors (Lipinski definition) is 0. The number of hydrogen-bond acceptors (Lipinski definition) is 6. The highest BCUT2D eigenvalue weighted by Crippen LogP contribution is 2.29. The Labute approximate surface area is 163 Å². The highest BCUT2D eigenvalue weighted by Gasteiger charge is 2.53. The number of amidine groups is 1. The molecule has 2 aliphatic heterocycles. The molecule has 152 valence electrons. The van der Waals surface area contributed by atoms with Gasteiger partial charge < -0.3 is 9.47 Å². The van der Waals surface area contributed by atoms with Gasteiger partial charge in [0.25, 0.3) is 5.91 Å². The van der Waals surface area contributed by atoms with Gasteiger partial charge in [0.15, 0.2) is 0 Å². The van der Waals surface area contributed by atoms with Crippen molar-refractivity contribution in [3.05, 3.63) is 11.9 Å². The fraction of sp³-hybridized carbons (Fsp3) is 0.611. The first-order valence-corrected chi connectivity index (χ1v) is 9.34. The van der Waals surface area contributed by atoms with Gasteiger partial charge in [-0.25, -0.2) is 13.9 Å². The molecule has 1 atom stereocenters. The third-order valence-electron chi connectivity index (χ3n) is 4.90. The van der Waals surface area contributed by atoms with Crippen LogP contribution in [0.15, 0.2) is 11.2 Å². The molecule has 0 spiro atoms. The minimum absolute atomic E-state index is 0.0198. The second kappa shape index (κ2) is 8.09. The van der Waals surface area contributed by atoms with Crippen LogP contribution in [0.25, 0.3) is 0 Å². The predicted octanol–water partition coefficient (Wildman–Crippen LogP) is 0.552. The van der Waals surface area contributed by atoms with E-state index in [1.807, 2.05) is 17.7 Å². The average molecular weight is 392 g/mol. The molecule has 3 heterocycles. The van der Waals surface area contributed by atoms with Crippen molar-refractivity contribution in [3.63, 3.8) is 0 Å². The summed E-state index contributed by atoms with van der Waals surface area (Å²) in [5.41, 5.74) is 0.972. The van der Waals surface area contributed by atoms with E-state index >= 15 is 0 Å². The molecule has 1 saturated heterocycles. The third kappa shape index (κ3) is 3.39. The number of methoxy groups -OCH3 is 1. The van der Waals surface area contributed by atoms with Gasteiger partial charge in [0.1, 0.15) is 11.9 Å². The SMILES string of the molecule is CCOC(=O)CCN1C(=O)C2C(=Nc3n(CCCOC)c(C)c[n+]32)N(C)C1=O. The average Bonchev–Trinajstić information content (AvgIpc) is 3.16. The van der Waals surface area contributed by atoms with Crippen molar-refractivity contribution < 1.29 is 28.4 Å². The number of ether oxygens (including phenoxy) is 2. The lowest BCUT2D eigenvalue weighted by atomic mass is 10.1. The summed E-state index contributed by atoms with van der Waals surface area (Å²) in [6.45, 7) is 5.22. The Morgan fingerprint density at radius 2 is 2.07 bits per heavy atom. The lowest BCUT2D eigenvalue weighted by Gasteiger charge is -2.32. The van der Waals surface area contributed by atoms with Crippen LogP contribution in [0.5, 0.6) is 0 Å². The molecule has 3 rings (SSSR count). The van der Waals surface area contributed by atoms with Crippen molar-refractivity contribution in [2.45, 2.75) is 39.3 Å². The Bertz CT molecular complexity index is 831. The van der Waals surface area contributed by atoms with Gasteiger partial charge >= 0.3 is 17.9 Å². The Hall–Kier alpha value is -2.75. The van der Waals surface area contributed by atoms with E-state index in [1.54, 1.807) is 25.6 Å². The molecule has 1 unspecified atom stereocenters. The number of imidazole rings is 1. The number of aliphatic imine (C=N–C) groups is 1. The number of amides is 3. The van der Waals surface area contributed by atoms with Crippen molar-refractivity contribution in [2.24, 2.45) is 4.99 Å². The third-order valence-corrected chi connectivity index (χ3v) is 4.90. The zero-order valence-electron chi connectivity index (χ0n) is 16.7. The Kier molecular flexibility index (Phi) is 5.78. The van der Waals surface area contributed by atoms with E-state index in [0.717, 1.165) is 17.0 Å². The van der Waals surface area contributed by atoms with Gasteiger partial charge in [-0.2, -0.15) is 0 Å². The zero-order chi connectivity index (χ0) is 20.4. The molecule has 3 amide bonds. The fourth-order valence-corrected chi connectivity index (χ4v) is 3.52. The molecular weight excluding hydrogens is 366 g/mol. The van der Waals surface area contributed by atoms with Crippen LogP contribution >= 0.6 is 0 Å².